The minimum Gasteiger partial charge on any atom is -0.486 e. The molecule has 0 fully saturated rings. The van der Waals surface area contributed by atoms with Crippen LogP contribution in [0.25, 0.3) is 0 Å². The molecule has 25 heavy (non-hydrogen) atoms. The average molecular weight is 380 g/mol. The zero-order valence-electron chi connectivity index (χ0n) is 14.4. The number of aryl methyl sites for hydroxylation is 1. The van der Waals surface area contributed by atoms with E-state index in [-0.39, 0.29) is 0 Å². The van der Waals surface area contributed by atoms with Crippen LogP contribution in [0.15, 0.2) is 29.3 Å². The fraction of sp³-hybridized carbons (Fsp3) is 0.389. The predicted octanol–water partition coefficient (Wildman–Crippen LogP) is 3.39. The zero-order valence-corrected chi connectivity index (χ0v) is 16.0. The van der Waals surface area contributed by atoms with Gasteiger partial charge in [0.05, 0.1) is 11.6 Å². The van der Waals surface area contributed by atoms with Crippen molar-refractivity contribution in [2.24, 2.45) is 4.99 Å². The molecule has 0 spiro atoms. The van der Waals surface area contributed by atoms with Gasteiger partial charge in [-0.1, -0.05) is 11.6 Å². The Labute approximate surface area is 157 Å². The van der Waals surface area contributed by atoms with E-state index in [0.29, 0.717) is 24.0 Å². The van der Waals surface area contributed by atoms with E-state index in [0.717, 1.165) is 36.8 Å². The summed E-state index contributed by atoms with van der Waals surface area (Å²) in [5.74, 6) is 2.16. The van der Waals surface area contributed by atoms with Crippen LogP contribution in [0.3, 0.4) is 0 Å². The summed E-state index contributed by atoms with van der Waals surface area (Å²) < 4.78 is 11.2. The van der Waals surface area contributed by atoms with Crippen molar-refractivity contribution in [3.8, 4) is 11.5 Å². The first kappa shape index (κ1) is 17.9. The number of thiophene rings is 1. The molecule has 3 rings (SSSR count). The normalized spacial score (nSPS) is 13.6. The molecule has 2 heterocycles. The topological polar surface area (TPSA) is 54.9 Å². The van der Waals surface area contributed by atoms with Gasteiger partial charge in [-0.05, 0) is 43.2 Å². The summed E-state index contributed by atoms with van der Waals surface area (Å²) in [5.41, 5.74) is 1.10. The van der Waals surface area contributed by atoms with Gasteiger partial charge in [-0.15, -0.1) is 11.3 Å². The summed E-state index contributed by atoms with van der Waals surface area (Å²) in [5, 5.41) is 7.25. The van der Waals surface area contributed by atoms with Gasteiger partial charge in [0.2, 0.25) is 0 Å². The first-order valence-corrected chi connectivity index (χ1v) is 9.43. The number of rotatable bonds is 5. The number of fused-ring (bicyclic) bond motifs is 1. The van der Waals surface area contributed by atoms with E-state index < -0.39 is 0 Å². The molecule has 0 saturated heterocycles. The number of guanidine groups is 1. The fourth-order valence-corrected chi connectivity index (χ4v) is 3.72. The molecule has 7 heteroatoms. The van der Waals surface area contributed by atoms with E-state index in [1.165, 1.54) is 9.75 Å². The van der Waals surface area contributed by atoms with E-state index >= 15 is 0 Å². The third kappa shape index (κ3) is 4.80. The Kier molecular flexibility index (Phi) is 6.04. The lowest BCUT2D eigenvalue weighted by molar-refractivity contribution is 0.171. The largest absolute Gasteiger partial charge is 0.486 e. The molecule has 1 aliphatic rings. The minimum absolute atomic E-state index is 0.541. The van der Waals surface area contributed by atoms with Gasteiger partial charge in [-0.2, -0.15) is 0 Å². The van der Waals surface area contributed by atoms with Crippen LogP contribution in [0, 0.1) is 6.92 Å². The number of hydrogen-bond donors (Lipinski definition) is 2. The van der Waals surface area contributed by atoms with Crippen molar-refractivity contribution >= 4 is 28.9 Å². The van der Waals surface area contributed by atoms with Crippen LogP contribution >= 0.6 is 22.9 Å². The second-order valence-corrected chi connectivity index (χ2v) is 7.50. The molecule has 0 saturated carbocycles. The number of hydrogen-bond acceptors (Lipinski definition) is 4. The van der Waals surface area contributed by atoms with Crippen molar-refractivity contribution in [2.75, 3.05) is 26.8 Å². The van der Waals surface area contributed by atoms with Crippen LogP contribution in [0.1, 0.15) is 15.3 Å². The highest BCUT2D eigenvalue weighted by Crippen LogP contribution is 2.38. The van der Waals surface area contributed by atoms with Gasteiger partial charge < -0.3 is 20.1 Å². The molecule has 0 amide bonds. The van der Waals surface area contributed by atoms with Crippen molar-refractivity contribution in [3.05, 3.63) is 44.6 Å². The molecule has 0 aliphatic carbocycles. The summed E-state index contributed by atoms with van der Waals surface area (Å²) in [6, 6.07) is 8.19. The molecule has 0 bridgehead atoms. The lowest BCUT2D eigenvalue weighted by Gasteiger charge is -2.20. The number of nitrogens with one attached hydrogen (secondary N) is 2. The molecule has 0 unspecified atom stereocenters. The summed E-state index contributed by atoms with van der Waals surface area (Å²) in [7, 11) is 1.77. The second kappa shape index (κ2) is 8.45. The first-order chi connectivity index (χ1) is 12.2. The molecule has 0 radical (unpaired) electrons. The number of nitrogens with zero attached hydrogens (tertiary/aromatic N) is 1. The van der Waals surface area contributed by atoms with E-state index in [9.17, 15) is 0 Å². The summed E-state index contributed by atoms with van der Waals surface area (Å²) in [6.45, 7) is 4.73. The number of benzene rings is 1. The standard InChI is InChI=1S/C18H22ClN3O2S/c1-12-3-4-14(25-12)11-22-18(20-2)21-6-5-13-9-15(19)17-16(10-13)23-7-8-24-17/h3-4,9-10H,5-8,11H2,1-2H3,(H2,20,21,22). The van der Waals surface area contributed by atoms with Gasteiger partial charge in [0.15, 0.2) is 17.5 Å². The molecule has 0 atom stereocenters. The smallest absolute Gasteiger partial charge is 0.191 e. The van der Waals surface area contributed by atoms with E-state index in [4.69, 9.17) is 21.1 Å². The van der Waals surface area contributed by atoms with Gasteiger partial charge in [0.1, 0.15) is 13.2 Å². The van der Waals surface area contributed by atoms with E-state index in [1.54, 1.807) is 18.4 Å². The summed E-state index contributed by atoms with van der Waals surface area (Å²) in [4.78, 5) is 6.86. The van der Waals surface area contributed by atoms with Crippen molar-refractivity contribution in [1.82, 2.24) is 10.6 Å². The predicted molar refractivity (Wildman–Crippen MR) is 103 cm³/mol. The van der Waals surface area contributed by atoms with Crippen LogP contribution in [-0.2, 0) is 13.0 Å². The van der Waals surface area contributed by atoms with E-state index in [2.05, 4.69) is 34.7 Å². The average Bonchev–Trinajstić information content (AvgIpc) is 3.03. The maximum absolute atomic E-state index is 6.28. The number of ether oxygens (including phenoxy) is 2. The van der Waals surface area contributed by atoms with E-state index in [1.807, 2.05) is 12.1 Å². The molecule has 1 aromatic heterocycles. The van der Waals surface area contributed by atoms with Crippen LogP contribution in [0.4, 0.5) is 0 Å². The first-order valence-electron chi connectivity index (χ1n) is 8.23. The molecule has 2 aromatic rings. The molecule has 1 aliphatic heterocycles. The Morgan fingerprint density at radius 1 is 1.24 bits per heavy atom. The van der Waals surface area contributed by atoms with Gasteiger partial charge in [-0.25, -0.2) is 0 Å². The summed E-state index contributed by atoms with van der Waals surface area (Å²) in [6.07, 6.45) is 0.815. The van der Waals surface area contributed by atoms with Crippen molar-refractivity contribution in [2.45, 2.75) is 19.9 Å². The molecule has 2 N–H and O–H groups in total. The Morgan fingerprint density at radius 2 is 2.08 bits per heavy atom. The van der Waals surface area contributed by atoms with Crippen molar-refractivity contribution in [1.29, 1.82) is 0 Å². The van der Waals surface area contributed by atoms with Crippen molar-refractivity contribution in [3.63, 3.8) is 0 Å². The minimum atomic E-state index is 0.541. The maximum Gasteiger partial charge on any atom is 0.191 e. The van der Waals surface area contributed by atoms with Crippen LogP contribution in [-0.4, -0.2) is 32.8 Å². The third-order valence-corrected chi connectivity index (χ3v) is 5.09. The van der Waals surface area contributed by atoms with Gasteiger partial charge in [-0.3, -0.25) is 4.99 Å². The van der Waals surface area contributed by atoms with Crippen LogP contribution in [0.5, 0.6) is 11.5 Å². The fourth-order valence-electron chi connectivity index (χ4n) is 2.61. The Hall–Kier alpha value is -1.92. The molecular formula is C18H22ClN3O2S. The molecule has 1 aromatic carbocycles. The quantitative estimate of drug-likeness (QED) is 0.617. The maximum atomic E-state index is 6.28. The highest BCUT2D eigenvalue weighted by atomic mass is 35.5. The molecule has 134 valence electrons. The second-order valence-electron chi connectivity index (χ2n) is 5.72. The van der Waals surface area contributed by atoms with Crippen LogP contribution < -0.4 is 20.1 Å². The van der Waals surface area contributed by atoms with Gasteiger partial charge >= 0.3 is 0 Å². The lowest BCUT2D eigenvalue weighted by Crippen LogP contribution is -2.37. The van der Waals surface area contributed by atoms with Crippen molar-refractivity contribution < 1.29 is 9.47 Å². The monoisotopic (exact) mass is 379 g/mol. The third-order valence-electron chi connectivity index (χ3n) is 3.81. The number of halogens is 1. The highest BCUT2D eigenvalue weighted by molar-refractivity contribution is 7.11. The molecule has 5 nitrogen and oxygen atoms in total. The number of aliphatic imine (C=N–C) groups is 1. The zero-order chi connectivity index (χ0) is 17.6. The Morgan fingerprint density at radius 3 is 2.84 bits per heavy atom. The highest BCUT2D eigenvalue weighted by Gasteiger charge is 2.16. The van der Waals surface area contributed by atoms with Crippen LogP contribution in [0.2, 0.25) is 5.02 Å². The summed E-state index contributed by atoms with van der Waals surface area (Å²) >= 11 is 8.07. The Balaban J connectivity index is 1.50. The molecular weight excluding hydrogens is 358 g/mol. The lowest BCUT2D eigenvalue weighted by atomic mass is 10.1. The van der Waals surface area contributed by atoms with Gasteiger partial charge in [0, 0.05) is 23.3 Å². The van der Waals surface area contributed by atoms with Gasteiger partial charge in [0.25, 0.3) is 0 Å². The Bertz CT molecular complexity index is 761. The SMILES string of the molecule is CN=C(NCCc1cc(Cl)c2c(c1)OCCO2)NCc1ccc(C)s1.